The Morgan fingerprint density at radius 1 is 1.52 bits per heavy atom. The Morgan fingerprint density at radius 3 is 2.81 bits per heavy atom. The second kappa shape index (κ2) is 6.12. The van der Waals surface area contributed by atoms with Gasteiger partial charge in [-0.05, 0) is 31.6 Å². The van der Waals surface area contributed by atoms with Gasteiger partial charge in [0.15, 0.2) is 0 Å². The number of nitro groups is 1. The molecule has 1 aromatic carbocycles. The van der Waals surface area contributed by atoms with Crippen molar-refractivity contribution in [2.24, 2.45) is 0 Å². The van der Waals surface area contributed by atoms with Gasteiger partial charge >= 0.3 is 0 Å². The fourth-order valence-corrected chi connectivity index (χ4v) is 5.14. The van der Waals surface area contributed by atoms with Crippen molar-refractivity contribution in [1.29, 1.82) is 0 Å². The molecule has 0 aliphatic carbocycles. The van der Waals surface area contributed by atoms with Crippen LogP contribution in [0.2, 0.25) is 5.02 Å². The number of sulfonamides is 1. The van der Waals surface area contributed by atoms with Crippen molar-refractivity contribution in [3.63, 3.8) is 0 Å². The van der Waals surface area contributed by atoms with Gasteiger partial charge in [-0.2, -0.15) is 11.8 Å². The summed E-state index contributed by atoms with van der Waals surface area (Å²) in [5, 5.41) is 10.7. The van der Waals surface area contributed by atoms with Crippen LogP contribution in [-0.2, 0) is 10.0 Å². The predicted octanol–water partition coefficient (Wildman–Crippen LogP) is 2.81. The first-order valence-electron chi connectivity index (χ1n) is 6.31. The van der Waals surface area contributed by atoms with Gasteiger partial charge < -0.3 is 0 Å². The lowest BCUT2D eigenvalue weighted by Gasteiger charge is -2.22. The fourth-order valence-electron chi connectivity index (χ4n) is 2.11. The standard InChI is InChI=1S/C12H15ClN2O4S2/c1-12(5-2-6-20-12)8-14-21(18,19)11-7-9(15(16)17)3-4-10(11)13/h3-4,7,14H,2,5-6,8H2,1H3. The molecule has 0 aromatic heterocycles. The Hall–Kier alpha value is -0.830. The number of non-ortho nitro benzene ring substituents is 1. The maximum Gasteiger partial charge on any atom is 0.270 e. The highest BCUT2D eigenvalue weighted by Gasteiger charge is 2.32. The van der Waals surface area contributed by atoms with Crippen molar-refractivity contribution in [2.75, 3.05) is 12.3 Å². The highest BCUT2D eigenvalue weighted by atomic mass is 35.5. The van der Waals surface area contributed by atoms with Crippen LogP contribution in [-0.4, -0.2) is 30.4 Å². The van der Waals surface area contributed by atoms with E-state index >= 15 is 0 Å². The molecule has 1 fully saturated rings. The molecule has 2 rings (SSSR count). The Kier molecular flexibility index (Phi) is 4.82. The van der Waals surface area contributed by atoms with E-state index in [2.05, 4.69) is 4.72 Å². The summed E-state index contributed by atoms with van der Waals surface area (Å²) in [6, 6.07) is 3.38. The van der Waals surface area contributed by atoms with Gasteiger partial charge in [0.2, 0.25) is 10.0 Å². The van der Waals surface area contributed by atoms with E-state index in [-0.39, 0.29) is 26.9 Å². The van der Waals surface area contributed by atoms with E-state index < -0.39 is 14.9 Å². The Bertz CT molecular complexity index is 657. The van der Waals surface area contributed by atoms with E-state index in [9.17, 15) is 18.5 Å². The molecule has 0 spiro atoms. The van der Waals surface area contributed by atoms with Crippen molar-refractivity contribution in [1.82, 2.24) is 4.72 Å². The number of nitro benzene ring substituents is 1. The maximum atomic E-state index is 12.3. The lowest BCUT2D eigenvalue weighted by atomic mass is 10.1. The van der Waals surface area contributed by atoms with Gasteiger partial charge in [-0.25, -0.2) is 13.1 Å². The normalized spacial score (nSPS) is 22.4. The Morgan fingerprint density at radius 2 is 2.24 bits per heavy atom. The molecule has 6 nitrogen and oxygen atoms in total. The minimum atomic E-state index is -3.87. The van der Waals surface area contributed by atoms with Crippen LogP contribution in [0.3, 0.4) is 0 Å². The molecular formula is C12H15ClN2O4S2. The second-order valence-corrected chi connectivity index (χ2v) is 8.92. The Labute approximate surface area is 132 Å². The molecule has 1 aliphatic heterocycles. The van der Waals surface area contributed by atoms with Crippen LogP contribution in [0.25, 0.3) is 0 Å². The van der Waals surface area contributed by atoms with Crippen molar-refractivity contribution in [2.45, 2.75) is 29.4 Å². The number of halogens is 1. The highest BCUT2D eigenvalue weighted by Crippen LogP contribution is 2.37. The van der Waals surface area contributed by atoms with Crippen LogP contribution in [0.5, 0.6) is 0 Å². The van der Waals surface area contributed by atoms with Gasteiger partial charge in [0.05, 0.1) is 9.95 Å². The highest BCUT2D eigenvalue weighted by molar-refractivity contribution is 8.01. The van der Waals surface area contributed by atoms with Crippen molar-refractivity contribution >= 4 is 39.1 Å². The summed E-state index contributed by atoms with van der Waals surface area (Å²) in [7, 11) is -3.87. The number of benzene rings is 1. The van der Waals surface area contributed by atoms with Gasteiger partial charge in [-0.3, -0.25) is 10.1 Å². The lowest BCUT2D eigenvalue weighted by molar-refractivity contribution is -0.385. The molecule has 1 saturated heterocycles. The topological polar surface area (TPSA) is 89.3 Å². The first-order valence-corrected chi connectivity index (χ1v) is 9.16. The SMILES string of the molecule is CC1(CNS(=O)(=O)c2cc([N+](=O)[O-])ccc2Cl)CCCS1. The summed E-state index contributed by atoms with van der Waals surface area (Å²) < 4.78 is 27.0. The van der Waals surface area contributed by atoms with Crippen LogP contribution < -0.4 is 4.72 Å². The second-order valence-electron chi connectivity index (χ2n) is 5.10. The van der Waals surface area contributed by atoms with Crippen molar-refractivity contribution < 1.29 is 13.3 Å². The fraction of sp³-hybridized carbons (Fsp3) is 0.500. The van der Waals surface area contributed by atoms with Crippen molar-refractivity contribution in [3.05, 3.63) is 33.3 Å². The molecule has 1 aliphatic rings. The maximum absolute atomic E-state index is 12.3. The third-order valence-electron chi connectivity index (χ3n) is 3.35. The molecule has 1 aromatic rings. The van der Waals surface area contributed by atoms with Gasteiger partial charge in [0.25, 0.3) is 5.69 Å². The molecule has 1 atom stereocenters. The average molecular weight is 351 g/mol. The average Bonchev–Trinajstić information content (AvgIpc) is 2.84. The molecule has 1 N–H and O–H groups in total. The summed E-state index contributed by atoms with van der Waals surface area (Å²) >= 11 is 7.59. The number of hydrogen-bond acceptors (Lipinski definition) is 5. The zero-order valence-electron chi connectivity index (χ0n) is 11.3. The molecular weight excluding hydrogens is 336 g/mol. The van der Waals surface area contributed by atoms with Crippen LogP contribution in [0.1, 0.15) is 19.8 Å². The third-order valence-corrected chi connectivity index (χ3v) is 6.77. The predicted molar refractivity (Wildman–Crippen MR) is 83.4 cm³/mol. The Balaban J connectivity index is 2.23. The molecule has 116 valence electrons. The van der Waals surface area contributed by atoms with Crippen molar-refractivity contribution in [3.8, 4) is 0 Å². The molecule has 0 amide bonds. The first-order chi connectivity index (χ1) is 9.73. The minimum Gasteiger partial charge on any atom is -0.258 e. The number of nitrogens with one attached hydrogen (secondary N) is 1. The summed E-state index contributed by atoms with van der Waals surface area (Å²) in [4.78, 5) is 9.84. The summed E-state index contributed by atoms with van der Waals surface area (Å²) in [5.74, 6) is 1.01. The van der Waals surface area contributed by atoms with E-state index in [0.29, 0.717) is 0 Å². The monoisotopic (exact) mass is 350 g/mol. The quantitative estimate of drug-likeness (QED) is 0.651. The molecule has 0 radical (unpaired) electrons. The van der Waals surface area contributed by atoms with Gasteiger partial charge in [0.1, 0.15) is 4.90 Å². The summed E-state index contributed by atoms with van der Waals surface area (Å²) in [6.07, 6.45) is 1.99. The van der Waals surface area contributed by atoms with E-state index in [1.54, 1.807) is 11.8 Å². The summed E-state index contributed by atoms with van der Waals surface area (Å²) in [6.45, 7) is 2.28. The number of rotatable bonds is 5. The van der Waals surface area contributed by atoms with Gasteiger partial charge in [0, 0.05) is 23.4 Å². The summed E-state index contributed by atoms with van der Waals surface area (Å²) in [5.41, 5.74) is -0.304. The molecule has 0 saturated carbocycles. The number of nitrogens with zero attached hydrogens (tertiary/aromatic N) is 1. The smallest absolute Gasteiger partial charge is 0.258 e. The third kappa shape index (κ3) is 3.88. The zero-order chi connectivity index (χ0) is 15.7. The van der Waals surface area contributed by atoms with Gasteiger partial charge in [-0.15, -0.1) is 0 Å². The molecule has 1 heterocycles. The van der Waals surface area contributed by atoms with E-state index in [4.69, 9.17) is 11.6 Å². The van der Waals surface area contributed by atoms with Crippen LogP contribution in [0, 0.1) is 10.1 Å². The first kappa shape index (κ1) is 16.5. The zero-order valence-corrected chi connectivity index (χ0v) is 13.7. The van der Waals surface area contributed by atoms with E-state index in [0.717, 1.165) is 24.7 Å². The molecule has 0 bridgehead atoms. The van der Waals surface area contributed by atoms with Crippen LogP contribution in [0.15, 0.2) is 23.1 Å². The molecule has 1 unspecified atom stereocenters. The van der Waals surface area contributed by atoms with E-state index in [1.165, 1.54) is 12.1 Å². The molecule has 9 heteroatoms. The number of thioether (sulfide) groups is 1. The van der Waals surface area contributed by atoms with Crippen LogP contribution in [0.4, 0.5) is 5.69 Å². The minimum absolute atomic E-state index is 0.0303. The largest absolute Gasteiger partial charge is 0.270 e. The van der Waals surface area contributed by atoms with Gasteiger partial charge in [-0.1, -0.05) is 11.6 Å². The molecule has 21 heavy (non-hydrogen) atoms. The van der Waals surface area contributed by atoms with E-state index in [1.807, 2.05) is 6.92 Å². The van der Waals surface area contributed by atoms with Crippen LogP contribution >= 0.6 is 23.4 Å². The number of hydrogen-bond donors (Lipinski definition) is 1. The lowest BCUT2D eigenvalue weighted by Crippen LogP contribution is -2.36.